The van der Waals surface area contributed by atoms with Crippen LogP contribution in [0, 0.1) is 12.3 Å². The third-order valence-corrected chi connectivity index (χ3v) is 2.00. The molecule has 0 radical (unpaired) electrons. The van der Waals surface area contributed by atoms with E-state index in [2.05, 4.69) is 30.3 Å². The molecular formula is C13H17NO. The molecule has 0 fully saturated rings. The van der Waals surface area contributed by atoms with Crippen LogP contribution in [0.5, 0.6) is 5.75 Å². The van der Waals surface area contributed by atoms with E-state index in [1.807, 2.05) is 12.1 Å². The highest BCUT2D eigenvalue weighted by Crippen LogP contribution is 2.11. The molecule has 0 spiro atoms. The van der Waals surface area contributed by atoms with E-state index in [9.17, 15) is 0 Å². The Morgan fingerprint density at radius 3 is 2.67 bits per heavy atom. The van der Waals surface area contributed by atoms with Crippen LogP contribution in [0.2, 0.25) is 0 Å². The first-order valence-electron chi connectivity index (χ1n) is 5.22. The van der Waals surface area contributed by atoms with Gasteiger partial charge in [-0.05, 0) is 30.7 Å². The van der Waals surface area contributed by atoms with Crippen molar-refractivity contribution in [3.8, 4) is 18.1 Å². The van der Waals surface area contributed by atoms with E-state index in [1.54, 1.807) is 0 Å². The van der Waals surface area contributed by atoms with Crippen molar-refractivity contribution in [2.24, 2.45) is 0 Å². The van der Waals surface area contributed by atoms with E-state index in [4.69, 9.17) is 11.2 Å². The van der Waals surface area contributed by atoms with E-state index in [1.165, 1.54) is 5.56 Å². The molecule has 0 aromatic heterocycles. The molecule has 0 bridgehead atoms. The van der Waals surface area contributed by atoms with Crippen molar-refractivity contribution in [2.45, 2.75) is 19.9 Å². The Bertz CT molecular complexity index is 310. The summed E-state index contributed by atoms with van der Waals surface area (Å²) in [6.07, 6.45) is 6.26. The minimum atomic E-state index is 0.327. The highest BCUT2D eigenvalue weighted by atomic mass is 16.5. The number of ether oxygens (including phenoxy) is 1. The van der Waals surface area contributed by atoms with Gasteiger partial charge < -0.3 is 10.1 Å². The lowest BCUT2D eigenvalue weighted by Crippen LogP contribution is -2.13. The Morgan fingerprint density at radius 1 is 1.33 bits per heavy atom. The van der Waals surface area contributed by atoms with E-state index >= 15 is 0 Å². The number of terminal acetylenes is 1. The van der Waals surface area contributed by atoms with Gasteiger partial charge in [0, 0.05) is 6.54 Å². The zero-order chi connectivity index (χ0) is 10.9. The normalized spacial score (nSPS) is 9.60. The van der Waals surface area contributed by atoms with Gasteiger partial charge in [-0.2, -0.15) is 0 Å². The maximum atomic E-state index is 5.28. The Hall–Kier alpha value is -1.46. The summed E-state index contributed by atoms with van der Waals surface area (Å²) in [5.74, 6) is 3.26. The molecule has 1 rings (SSSR count). The van der Waals surface area contributed by atoms with Gasteiger partial charge >= 0.3 is 0 Å². The Morgan fingerprint density at radius 2 is 2.07 bits per heavy atom. The molecule has 0 heterocycles. The lowest BCUT2D eigenvalue weighted by molar-refractivity contribution is 0.370. The summed E-state index contributed by atoms with van der Waals surface area (Å²) in [4.78, 5) is 0. The molecule has 1 N–H and O–H groups in total. The van der Waals surface area contributed by atoms with Crippen LogP contribution in [-0.4, -0.2) is 13.2 Å². The summed E-state index contributed by atoms with van der Waals surface area (Å²) >= 11 is 0. The van der Waals surface area contributed by atoms with Crippen molar-refractivity contribution in [1.82, 2.24) is 5.32 Å². The van der Waals surface area contributed by atoms with Crippen LogP contribution in [0.4, 0.5) is 0 Å². The van der Waals surface area contributed by atoms with Crippen molar-refractivity contribution in [1.29, 1.82) is 0 Å². The molecule has 1 aromatic rings. The smallest absolute Gasteiger partial charge is 0.148 e. The summed E-state index contributed by atoms with van der Waals surface area (Å²) in [5.41, 5.74) is 1.26. The van der Waals surface area contributed by atoms with Gasteiger partial charge in [0.25, 0.3) is 0 Å². The van der Waals surface area contributed by atoms with Gasteiger partial charge in [-0.25, -0.2) is 0 Å². The first kappa shape index (κ1) is 11.6. The van der Waals surface area contributed by atoms with Crippen molar-refractivity contribution in [3.05, 3.63) is 29.8 Å². The first-order chi connectivity index (χ1) is 7.36. The Balaban J connectivity index is 2.39. The van der Waals surface area contributed by atoms with Crippen molar-refractivity contribution < 1.29 is 4.74 Å². The van der Waals surface area contributed by atoms with Gasteiger partial charge in [0.15, 0.2) is 0 Å². The third kappa shape index (κ3) is 4.53. The minimum Gasteiger partial charge on any atom is -0.481 e. The van der Waals surface area contributed by atoms with Gasteiger partial charge in [0.1, 0.15) is 12.4 Å². The fourth-order valence-corrected chi connectivity index (χ4v) is 1.24. The number of hydrogen-bond donors (Lipinski definition) is 1. The van der Waals surface area contributed by atoms with Crippen molar-refractivity contribution >= 4 is 0 Å². The lowest BCUT2D eigenvalue weighted by atomic mass is 10.2. The van der Waals surface area contributed by atoms with Gasteiger partial charge in [0.05, 0.1) is 0 Å². The van der Waals surface area contributed by atoms with Crippen molar-refractivity contribution in [2.75, 3.05) is 13.2 Å². The lowest BCUT2D eigenvalue weighted by Gasteiger charge is -2.05. The van der Waals surface area contributed by atoms with Gasteiger partial charge in [-0.15, -0.1) is 6.42 Å². The van der Waals surface area contributed by atoms with Crippen LogP contribution in [0.1, 0.15) is 18.9 Å². The predicted molar refractivity (Wildman–Crippen MR) is 62.8 cm³/mol. The van der Waals surface area contributed by atoms with E-state index < -0.39 is 0 Å². The second-order valence-corrected chi connectivity index (χ2v) is 3.31. The second kappa shape index (κ2) is 6.92. The zero-order valence-corrected chi connectivity index (χ0v) is 9.12. The molecule has 0 amide bonds. The quantitative estimate of drug-likeness (QED) is 0.565. The molecule has 2 heteroatoms. The highest BCUT2D eigenvalue weighted by Gasteiger charge is 1.94. The second-order valence-electron chi connectivity index (χ2n) is 3.31. The van der Waals surface area contributed by atoms with E-state index in [0.717, 1.165) is 25.3 Å². The molecule has 0 saturated heterocycles. The Kier molecular flexibility index (Phi) is 5.35. The molecule has 0 unspecified atom stereocenters. The number of nitrogens with one attached hydrogen (secondary N) is 1. The molecule has 2 nitrogen and oxygen atoms in total. The first-order valence-corrected chi connectivity index (χ1v) is 5.22. The fraction of sp³-hybridized carbons (Fsp3) is 0.385. The standard InChI is InChI=1S/C13H17NO/c1-3-9-14-11-12-5-7-13(8-6-12)15-10-4-2/h2,5-8,14H,3,9-11H2,1H3. The van der Waals surface area contributed by atoms with Crippen LogP contribution >= 0.6 is 0 Å². The highest BCUT2D eigenvalue weighted by molar-refractivity contribution is 5.27. The van der Waals surface area contributed by atoms with Gasteiger partial charge in [0.2, 0.25) is 0 Å². The maximum Gasteiger partial charge on any atom is 0.148 e. The minimum absolute atomic E-state index is 0.327. The summed E-state index contributed by atoms with van der Waals surface area (Å²) in [6, 6.07) is 7.99. The van der Waals surface area contributed by atoms with Gasteiger partial charge in [-0.1, -0.05) is 25.0 Å². The largest absolute Gasteiger partial charge is 0.481 e. The monoisotopic (exact) mass is 203 g/mol. The SMILES string of the molecule is C#CCOc1ccc(CNCCC)cc1. The third-order valence-electron chi connectivity index (χ3n) is 2.00. The molecule has 0 saturated carbocycles. The molecule has 1 aromatic carbocycles. The molecule has 0 aliphatic rings. The molecule has 15 heavy (non-hydrogen) atoms. The molecule has 80 valence electrons. The maximum absolute atomic E-state index is 5.28. The van der Waals surface area contributed by atoms with E-state index in [0.29, 0.717) is 6.61 Å². The summed E-state index contributed by atoms with van der Waals surface area (Å²) < 4.78 is 5.28. The molecule has 0 atom stereocenters. The van der Waals surface area contributed by atoms with E-state index in [-0.39, 0.29) is 0 Å². The molecule has 0 aliphatic carbocycles. The van der Waals surface area contributed by atoms with Crippen LogP contribution in [0.25, 0.3) is 0 Å². The van der Waals surface area contributed by atoms with Crippen LogP contribution in [-0.2, 0) is 6.54 Å². The average molecular weight is 203 g/mol. The molecule has 0 aliphatic heterocycles. The number of benzene rings is 1. The Labute approximate surface area is 91.6 Å². The van der Waals surface area contributed by atoms with Crippen LogP contribution in [0.15, 0.2) is 24.3 Å². The molecular weight excluding hydrogens is 186 g/mol. The van der Waals surface area contributed by atoms with Crippen molar-refractivity contribution in [3.63, 3.8) is 0 Å². The fourth-order valence-electron chi connectivity index (χ4n) is 1.24. The topological polar surface area (TPSA) is 21.3 Å². The summed E-state index contributed by atoms with van der Waals surface area (Å²) in [6.45, 7) is 4.44. The number of rotatable bonds is 6. The van der Waals surface area contributed by atoms with Gasteiger partial charge in [-0.3, -0.25) is 0 Å². The van der Waals surface area contributed by atoms with Crippen LogP contribution in [0.3, 0.4) is 0 Å². The summed E-state index contributed by atoms with van der Waals surface area (Å²) in [5, 5.41) is 3.34. The van der Waals surface area contributed by atoms with Crippen LogP contribution < -0.4 is 10.1 Å². The predicted octanol–water partition coefficient (Wildman–Crippen LogP) is 2.20. The summed E-state index contributed by atoms with van der Waals surface area (Å²) in [7, 11) is 0. The zero-order valence-electron chi connectivity index (χ0n) is 9.12. The average Bonchev–Trinajstić information content (AvgIpc) is 2.28. The number of hydrogen-bond acceptors (Lipinski definition) is 2.